The maximum Gasteiger partial charge on any atom is 0.266 e. The second kappa shape index (κ2) is 7.12. The number of hydrogen-bond donors (Lipinski definition) is 2. The lowest BCUT2D eigenvalue weighted by Gasteiger charge is -2.06. The largest absolute Gasteiger partial charge is 0.451 e. The molecule has 0 amide bonds. The third-order valence-electron chi connectivity index (χ3n) is 2.62. The number of nitrogens with one attached hydrogen (secondary N) is 2. The highest BCUT2D eigenvalue weighted by atomic mass is 127. The van der Waals surface area contributed by atoms with Crippen LogP contribution in [0.15, 0.2) is 44.3 Å². The van der Waals surface area contributed by atoms with Crippen LogP contribution in [0, 0.1) is 3.57 Å². The van der Waals surface area contributed by atoms with Crippen LogP contribution < -0.4 is 10.0 Å². The summed E-state index contributed by atoms with van der Waals surface area (Å²) in [5.41, 5.74) is 0.517. The molecule has 1 aromatic heterocycles. The van der Waals surface area contributed by atoms with Crippen molar-refractivity contribution in [2.45, 2.75) is 18.4 Å². The molecule has 2 aromatic rings. The summed E-state index contributed by atoms with van der Waals surface area (Å²) >= 11 is 5.28. The zero-order valence-corrected chi connectivity index (χ0v) is 15.7. The fraction of sp³-hybridized carbons (Fsp3) is 0.231. The average Bonchev–Trinajstić information content (AvgIpc) is 2.78. The van der Waals surface area contributed by atoms with E-state index in [4.69, 9.17) is 4.42 Å². The van der Waals surface area contributed by atoms with Crippen molar-refractivity contribution in [1.82, 2.24) is 5.32 Å². The molecule has 0 fully saturated rings. The van der Waals surface area contributed by atoms with Gasteiger partial charge in [-0.2, -0.15) is 0 Å². The number of sulfonamides is 1. The van der Waals surface area contributed by atoms with Crippen LogP contribution in [0.2, 0.25) is 0 Å². The van der Waals surface area contributed by atoms with Gasteiger partial charge in [0.25, 0.3) is 10.0 Å². The molecule has 0 aliphatic carbocycles. The maximum absolute atomic E-state index is 12.4. The standard InChI is InChI=1S/C13H14BrIN2O3S/c1-2-16-8-11-7-12(13(14)20-11)21(18,19)17-10-5-3-4-9(15)6-10/h3-7,16-17H,2,8H2,1H3. The summed E-state index contributed by atoms with van der Waals surface area (Å²) in [5, 5.41) is 3.08. The van der Waals surface area contributed by atoms with Crippen molar-refractivity contribution in [2.75, 3.05) is 11.3 Å². The minimum absolute atomic E-state index is 0.0919. The fourth-order valence-corrected chi connectivity index (χ4v) is 4.27. The van der Waals surface area contributed by atoms with Crippen LogP contribution in [-0.2, 0) is 16.6 Å². The van der Waals surface area contributed by atoms with Crippen LogP contribution in [0.4, 0.5) is 5.69 Å². The quantitative estimate of drug-likeness (QED) is 0.615. The molecule has 0 spiro atoms. The summed E-state index contributed by atoms with van der Waals surface area (Å²) in [4.78, 5) is 0.0919. The van der Waals surface area contributed by atoms with Gasteiger partial charge in [-0.3, -0.25) is 4.72 Å². The maximum atomic E-state index is 12.4. The first-order valence-electron chi connectivity index (χ1n) is 6.19. The molecule has 0 saturated heterocycles. The van der Waals surface area contributed by atoms with E-state index in [1.165, 1.54) is 6.07 Å². The summed E-state index contributed by atoms with van der Waals surface area (Å²) in [7, 11) is -3.69. The van der Waals surface area contributed by atoms with Crippen molar-refractivity contribution in [3.8, 4) is 0 Å². The van der Waals surface area contributed by atoms with E-state index < -0.39 is 10.0 Å². The Labute approximate surface area is 145 Å². The van der Waals surface area contributed by atoms with Crippen LogP contribution in [-0.4, -0.2) is 15.0 Å². The van der Waals surface area contributed by atoms with E-state index in [-0.39, 0.29) is 9.56 Å². The van der Waals surface area contributed by atoms with E-state index in [1.54, 1.807) is 18.2 Å². The van der Waals surface area contributed by atoms with E-state index in [1.807, 2.05) is 13.0 Å². The summed E-state index contributed by atoms with van der Waals surface area (Å²) in [6, 6.07) is 8.66. The van der Waals surface area contributed by atoms with Crippen LogP contribution in [0.25, 0.3) is 0 Å². The van der Waals surface area contributed by atoms with Crippen molar-refractivity contribution in [2.24, 2.45) is 0 Å². The molecule has 0 unspecified atom stereocenters. The molecule has 1 aromatic carbocycles. The van der Waals surface area contributed by atoms with Gasteiger partial charge < -0.3 is 9.73 Å². The molecular weight excluding hydrogens is 471 g/mol. The Kier molecular flexibility index (Phi) is 5.69. The van der Waals surface area contributed by atoms with E-state index in [0.29, 0.717) is 18.0 Å². The predicted molar refractivity (Wildman–Crippen MR) is 93.8 cm³/mol. The van der Waals surface area contributed by atoms with Crippen LogP contribution >= 0.6 is 38.5 Å². The Balaban J connectivity index is 2.25. The van der Waals surface area contributed by atoms with E-state index in [9.17, 15) is 8.42 Å². The summed E-state index contributed by atoms with van der Waals surface area (Å²) in [6.45, 7) is 3.23. The van der Waals surface area contributed by atoms with Gasteiger partial charge in [-0.1, -0.05) is 13.0 Å². The Morgan fingerprint density at radius 1 is 1.33 bits per heavy atom. The topological polar surface area (TPSA) is 71.3 Å². The molecule has 0 saturated carbocycles. The van der Waals surface area contributed by atoms with E-state index in [0.717, 1.165) is 10.1 Å². The lowest BCUT2D eigenvalue weighted by molar-refractivity contribution is 0.464. The van der Waals surface area contributed by atoms with Crippen LogP contribution in [0.3, 0.4) is 0 Å². The number of anilines is 1. The SMILES string of the molecule is CCNCc1cc(S(=O)(=O)Nc2cccc(I)c2)c(Br)o1. The molecule has 21 heavy (non-hydrogen) atoms. The van der Waals surface area contributed by atoms with E-state index >= 15 is 0 Å². The normalized spacial score (nSPS) is 11.6. The number of halogens is 2. The molecular formula is C13H14BrIN2O3S. The second-order valence-corrected chi connectivity index (χ2v) is 7.86. The van der Waals surface area contributed by atoms with Gasteiger partial charge in [0.15, 0.2) is 4.67 Å². The smallest absolute Gasteiger partial charge is 0.266 e. The molecule has 0 bridgehead atoms. The van der Waals surface area contributed by atoms with Gasteiger partial charge in [-0.25, -0.2) is 8.42 Å². The number of furan rings is 1. The third kappa shape index (κ3) is 4.44. The third-order valence-corrected chi connectivity index (χ3v) is 5.53. The average molecular weight is 485 g/mol. The zero-order valence-electron chi connectivity index (χ0n) is 11.2. The molecule has 2 rings (SSSR count). The van der Waals surface area contributed by atoms with Gasteiger partial charge in [-0.15, -0.1) is 0 Å². The van der Waals surface area contributed by atoms with Crippen molar-refractivity contribution < 1.29 is 12.8 Å². The Hall–Kier alpha value is -0.580. The van der Waals surface area contributed by atoms with Crippen LogP contribution in [0.5, 0.6) is 0 Å². The molecule has 0 aliphatic heterocycles. The van der Waals surface area contributed by atoms with Gasteiger partial charge in [0, 0.05) is 15.3 Å². The van der Waals surface area contributed by atoms with Gasteiger partial charge in [0.1, 0.15) is 10.7 Å². The van der Waals surface area contributed by atoms with Crippen molar-refractivity contribution >= 4 is 54.2 Å². The number of benzene rings is 1. The minimum Gasteiger partial charge on any atom is -0.451 e. The van der Waals surface area contributed by atoms with Crippen molar-refractivity contribution in [3.05, 3.63) is 44.3 Å². The second-order valence-electron chi connectivity index (χ2n) is 4.25. The first-order chi connectivity index (χ1) is 9.92. The van der Waals surface area contributed by atoms with Gasteiger partial charge in [-0.05, 0) is 63.3 Å². The zero-order chi connectivity index (χ0) is 15.5. The molecule has 2 N–H and O–H groups in total. The lowest BCUT2D eigenvalue weighted by atomic mass is 10.3. The first-order valence-corrected chi connectivity index (χ1v) is 9.55. The first kappa shape index (κ1) is 16.8. The predicted octanol–water partition coefficient (Wildman–Crippen LogP) is 3.56. The molecule has 5 nitrogen and oxygen atoms in total. The van der Waals surface area contributed by atoms with Crippen LogP contribution in [0.1, 0.15) is 12.7 Å². The lowest BCUT2D eigenvalue weighted by Crippen LogP contribution is -2.13. The fourth-order valence-electron chi connectivity index (χ4n) is 1.68. The summed E-state index contributed by atoms with van der Waals surface area (Å²) in [6.07, 6.45) is 0. The molecule has 8 heteroatoms. The number of rotatable bonds is 6. The minimum atomic E-state index is -3.69. The molecule has 0 aliphatic rings. The molecule has 0 atom stereocenters. The highest BCUT2D eigenvalue weighted by molar-refractivity contribution is 14.1. The Morgan fingerprint density at radius 2 is 2.10 bits per heavy atom. The van der Waals surface area contributed by atoms with Gasteiger partial charge >= 0.3 is 0 Å². The number of hydrogen-bond acceptors (Lipinski definition) is 4. The Bertz CT molecular complexity index is 731. The summed E-state index contributed by atoms with van der Waals surface area (Å²) in [5.74, 6) is 0.562. The molecule has 0 radical (unpaired) electrons. The van der Waals surface area contributed by atoms with E-state index in [2.05, 4.69) is 48.6 Å². The Morgan fingerprint density at radius 3 is 2.76 bits per heavy atom. The highest BCUT2D eigenvalue weighted by Gasteiger charge is 2.22. The van der Waals surface area contributed by atoms with Gasteiger partial charge in [0.2, 0.25) is 0 Å². The summed E-state index contributed by atoms with van der Waals surface area (Å²) < 4.78 is 33.9. The molecule has 114 valence electrons. The van der Waals surface area contributed by atoms with Crippen molar-refractivity contribution in [3.63, 3.8) is 0 Å². The van der Waals surface area contributed by atoms with Crippen molar-refractivity contribution in [1.29, 1.82) is 0 Å². The molecule has 1 heterocycles. The monoisotopic (exact) mass is 484 g/mol. The highest BCUT2D eigenvalue weighted by Crippen LogP contribution is 2.28. The van der Waals surface area contributed by atoms with Gasteiger partial charge in [0.05, 0.1) is 6.54 Å².